The second-order valence-electron chi connectivity index (χ2n) is 5.39. The predicted molar refractivity (Wildman–Crippen MR) is 84.3 cm³/mol. The van der Waals surface area contributed by atoms with Crippen LogP contribution >= 0.6 is 0 Å². The molecule has 0 aromatic rings. The first-order chi connectivity index (χ1) is 9.94. The number of hydrogen-bond acceptors (Lipinski definition) is 5. The van der Waals surface area contributed by atoms with Gasteiger partial charge in [0.25, 0.3) is 0 Å². The molecule has 1 unspecified atom stereocenters. The Morgan fingerprint density at radius 2 is 1.45 bits per heavy atom. The van der Waals surface area contributed by atoms with Crippen molar-refractivity contribution < 1.29 is 53.5 Å². The van der Waals surface area contributed by atoms with Crippen LogP contribution in [-0.2, 0) is 19.1 Å². The average molecular weight is 346 g/mol. The van der Waals surface area contributed by atoms with Crippen LogP contribution in [0.15, 0.2) is 0 Å². The number of unbranched alkanes of at least 4 members (excludes halogenated alkanes) is 8. The third kappa shape index (κ3) is 12.9. The van der Waals surface area contributed by atoms with Gasteiger partial charge in [-0.3, -0.25) is 4.79 Å². The van der Waals surface area contributed by atoms with E-state index in [4.69, 9.17) is 0 Å². The quantitative estimate of drug-likeness (QED) is 0.300. The molecule has 0 saturated carbocycles. The van der Waals surface area contributed by atoms with Gasteiger partial charge >= 0.3 is 45.6 Å². The minimum atomic E-state index is -4.16. The van der Waals surface area contributed by atoms with Crippen molar-refractivity contribution in [2.24, 2.45) is 0 Å². The summed E-state index contributed by atoms with van der Waals surface area (Å²) < 4.78 is 27.0. The maximum atomic E-state index is 11.4. The van der Waals surface area contributed by atoms with Crippen LogP contribution in [0.2, 0.25) is 0 Å². The van der Waals surface area contributed by atoms with Gasteiger partial charge in [-0.25, -0.2) is 0 Å². The van der Waals surface area contributed by atoms with E-state index in [-0.39, 0.29) is 43.8 Å². The summed E-state index contributed by atoms with van der Waals surface area (Å²) in [5.41, 5.74) is -1.62. The van der Waals surface area contributed by atoms with Gasteiger partial charge in [0.15, 0.2) is 5.44 Å². The molecule has 0 spiro atoms. The Bertz CT molecular complexity index is 376. The fourth-order valence-corrected chi connectivity index (χ4v) is 2.87. The number of aliphatic hydroxyl groups is 1. The molecular formula is C15H31NaO5S. The molecule has 22 heavy (non-hydrogen) atoms. The molecule has 1 atom stereocenters. The minimum absolute atomic E-state index is 0. The summed E-state index contributed by atoms with van der Waals surface area (Å²) in [6.45, 7) is 3.70. The van der Waals surface area contributed by atoms with Crippen molar-refractivity contribution in [3.63, 3.8) is 0 Å². The van der Waals surface area contributed by atoms with Gasteiger partial charge in [0.1, 0.15) is 0 Å². The molecule has 0 aliphatic carbocycles. The van der Waals surface area contributed by atoms with Crippen LogP contribution in [0.25, 0.3) is 0 Å². The molecule has 0 fully saturated rings. The van der Waals surface area contributed by atoms with Gasteiger partial charge in [0.05, 0.1) is 0 Å². The van der Waals surface area contributed by atoms with E-state index in [0.29, 0.717) is 6.42 Å². The average Bonchev–Trinajstić information content (AvgIpc) is 2.44. The monoisotopic (exact) mass is 346 g/mol. The van der Waals surface area contributed by atoms with E-state index < -0.39 is 21.5 Å². The van der Waals surface area contributed by atoms with E-state index in [2.05, 4.69) is 11.1 Å². The van der Waals surface area contributed by atoms with Gasteiger partial charge < -0.3 is 10.7 Å². The summed E-state index contributed by atoms with van der Waals surface area (Å²) in [4.78, 5) is 11.4. The van der Waals surface area contributed by atoms with Crippen LogP contribution in [-0.4, -0.2) is 24.9 Å². The summed E-state index contributed by atoms with van der Waals surface area (Å²) >= 11 is 0. The Labute approximate surface area is 159 Å². The number of hydrogen-bond donors (Lipinski definition) is 1. The topological polar surface area (TPSA) is 80.7 Å². The summed E-state index contributed by atoms with van der Waals surface area (Å²) in [6.07, 6.45) is 10.2. The van der Waals surface area contributed by atoms with Gasteiger partial charge in [-0.1, -0.05) is 65.2 Å². The molecule has 0 aromatic carbocycles. The molecule has 7 heteroatoms. The number of aliphatic hydroxyl groups excluding tert-OH is 1. The Morgan fingerprint density at radius 3 is 1.91 bits per heavy atom. The van der Waals surface area contributed by atoms with E-state index in [1.165, 1.54) is 39.0 Å². The van der Waals surface area contributed by atoms with E-state index in [1.807, 2.05) is 0 Å². The Kier molecular flexibility index (Phi) is 16.7. The molecule has 0 aliphatic rings. The standard InChI is InChI=1S/C15H30O5S.Na.H/c1-3-5-6-7-8-9-10-11-12-13-14(16)20-21(18,19)15(17)4-2;;/h15,17H,3-13H2,1-2H3;;/q;+1;-1. The van der Waals surface area contributed by atoms with E-state index in [1.54, 1.807) is 0 Å². The van der Waals surface area contributed by atoms with Crippen LogP contribution in [0.5, 0.6) is 0 Å². The van der Waals surface area contributed by atoms with Gasteiger partial charge in [0.2, 0.25) is 0 Å². The van der Waals surface area contributed by atoms with Crippen molar-refractivity contribution in [2.45, 2.75) is 89.9 Å². The SMILES string of the molecule is CCCCCCCCCCCC(=O)OS(=O)(=O)C(O)CC.[H-].[Na+]. The zero-order valence-electron chi connectivity index (χ0n) is 15.3. The predicted octanol–water partition coefficient (Wildman–Crippen LogP) is 0.625. The zero-order chi connectivity index (χ0) is 16.1. The fourth-order valence-electron chi connectivity index (χ4n) is 2.01. The molecule has 1 N–H and O–H groups in total. The Hall–Kier alpha value is 0.380. The molecule has 5 nitrogen and oxygen atoms in total. The van der Waals surface area contributed by atoms with Crippen LogP contribution in [0.3, 0.4) is 0 Å². The molecule has 0 bridgehead atoms. The van der Waals surface area contributed by atoms with Crippen molar-refractivity contribution in [1.82, 2.24) is 0 Å². The second-order valence-corrected chi connectivity index (χ2v) is 7.09. The molecule has 0 radical (unpaired) electrons. The van der Waals surface area contributed by atoms with E-state index >= 15 is 0 Å². The van der Waals surface area contributed by atoms with Gasteiger partial charge in [-0.05, 0) is 12.8 Å². The summed E-state index contributed by atoms with van der Waals surface area (Å²) in [7, 11) is -4.16. The number of rotatable bonds is 13. The molecule has 0 amide bonds. The molecule has 0 saturated heterocycles. The zero-order valence-corrected chi connectivity index (χ0v) is 17.2. The van der Waals surface area contributed by atoms with Gasteiger partial charge in [-0.15, -0.1) is 0 Å². The van der Waals surface area contributed by atoms with E-state index in [0.717, 1.165) is 19.3 Å². The first kappa shape index (κ1) is 24.6. The van der Waals surface area contributed by atoms with Gasteiger partial charge in [0, 0.05) is 6.42 Å². The maximum absolute atomic E-state index is 11.4. The van der Waals surface area contributed by atoms with Crippen molar-refractivity contribution in [1.29, 1.82) is 0 Å². The summed E-state index contributed by atoms with van der Waals surface area (Å²) in [6, 6.07) is 0. The molecule has 0 rings (SSSR count). The summed E-state index contributed by atoms with van der Waals surface area (Å²) in [5.74, 6) is -0.773. The Morgan fingerprint density at radius 1 is 1.00 bits per heavy atom. The summed E-state index contributed by atoms with van der Waals surface area (Å²) in [5, 5.41) is 9.20. The normalized spacial score (nSPS) is 12.5. The van der Waals surface area contributed by atoms with Crippen molar-refractivity contribution in [3.05, 3.63) is 0 Å². The molecule has 128 valence electrons. The van der Waals surface area contributed by atoms with Crippen LogP contribution in [0.1, 0.15) is 85.9 Å². The van der Waals surface area contributed by atoms with Crippen molar-refractivity contribution in [3.8, 4) is 0 Å². The molecule has 0 aliphatic heterocycles. The maximum Gasteiger partial charge on any atom is 1.00 e. The van der Waals surface area contributed by atoms with Crippen molar-refractivity contribution in [2.75, 3.05) is 0 Å². The number of carbonyl (C=O) groups excluding carboxylic acids is 1. The molecule has 0 aromatic heterocycles. The first-order valence-electron chi connectivity index (χ1n) is 8.08. The first-order valence-corrected chi connectivity index (χ1v) is 9.55. The Balaban J connectivity index is -0.00000200. The third-order valence-corrected chi connectivity index (χ3v) is 4.79. The fraction of sp³-hybridized carbons (Fsp3) is 0.933. The smallest absolute Gasteiger partial charge is 1.00 e. The second kappa shape index (κ2) is 14.9. The third-order valence-electron chi connectivity index (χ3n) is 3.38. The van der Waals surface area contributed by atoms with Crippen molar-refractivity contribution >= 4 is 16.1 Å². The molecule has 0 heterocycles. The van der Waals surface area contributed by atoms with E-state index in [9.17, 15) is 18.3 Å². The van der Waals surface area contributed by atoms with Crippen LogP contribution < -0.4 is 29.6 Å². The van der Waals surface area contributed by atoms with Crippen LogP contribution in [0, 0.1) is 0 Å². The van der Waals surface area contributed by atoms with Gasteiger partial charge in [-0.2, -0.15) is 8.42 Å². The largest absolute Gasteiger partial charge is 1.00 e. The van der Waals surface area contributed by atoms with Crippen LogP contribution in [0.4, 0.5) is 0 Å². The number of carbonyl (C=O) groups is 1. The minimum Gasteiger partial charge on any atom is -1.00 e. The molecular weight excluding hydrogens is 315 g/mol.